The first-order valence-electron chi connectivity index (χ1n) is 7.18. The van der Waals surface area contributed by atoms with Crippen LogP contribution in [0.5, 0.6) is 0 Å². The van der Waals surface area contributed by atoms with Gasteiger partial charge in [0.25, 0.3) is 0 Å². The number of Topliss-reactive ketones (excluding diaryl/α,β-unsaturated/α-hetero) is 2. The van der Waals surface area contributed by atoms with Crippen molar-refractivity contribution < 1.29 is 9.59 Å². The topological polar surface area (TPSA) is 75.7 Å². The molecular formula is C17H14ClN3O2. The lowest BCUT2D eigenvalue weighted by molar-refractivity contribution is 0.0817. The van der Waals surface area contributed by atoms with Gasteiger partial charge in [-0.15, -0.1) is 0 Å². The van der Waals surface area contributed by atoms with Gasteiger partial charge in [-0.3, -0.25) is 19.7 Å². The van der Waals surface area contributed by atoms with E-state index in [1.54, 1.807) is 6.07 Å². The molecule has 0 saturated heterocycles. The van der Waals surface area contributed by atoms with Gasteiger partial charge >= 0.3 is 0 Å². The van der Waals surface area contributed by atoms with Crippen molar-refractivity contribution in [3.63, 3.8) is 0 Å². The molecule has 0 bridgehead atoms. The Balaban J connectivity index is 2.14. The number of aromatic nitrogens is 3. The zero-order valence-corrected chi connectivity index (χ0v) is 13.4. The fourth-order valence-corrected chi connectivity index (χ4v) is 2.75. The van der Waals surface area contributed by atoms with E-state index < -0.39 is 11.6 Å². The number of ketones is 2. The minimum atomic E-state index is -0.629. The number of fused-ring (bicyclic) bond motifs is 1. The predicted octanol–water partition coefficient (Wildman–Crippen LogP) is 3.55. The maximum Gasteiger partial charge on any atom is 0.235 e. The molecule has 0 aliphatic carbocycles. The molecule has 0 spiro atoms. The Hall–Kier alpha value is -2.53. The van der Waals surface area contributed by atoms with Gasteiger partial charge in [0.1, 0.15) is 0 Å². The van der Waals surface area contributed by atoms with Crippen LogP contribution in [0.4, 0.5) is 0 Å². The lowest BCUT2D eigenvalue weighted by atomic mass is 9.96. The summed E-state index contributed by atoms with van der Waals surface area (Å²) in [6.45, 7) is 3.83. The van der Waals surface area contributed by atoms with Crippen molar-refractivity contribution in [1.29, 1.82) is 0 Å². The molecule has 0 saturated carbocycles. The molecule has 2 heterocycles. The number of nitrogens with one attached hydrogen (secondary N) is 1. The van der Waals surface area contributed by atoms with Gasteiger partial charge in [-0.25, -0.2) is 0 Å². The minimum Gasteiger partial charge on any atom is -0.285 e. The number of hydrogen-bond donors (Lipinski definition) is 1. The van der Waals surface area contributed by atoms with Crippen molar-refractivity contribution >= 4 is 34.1 Å². The molecule has 0 aliphatic heterocycles. The van der Waals surface area contributed by atoms with Crippen LogP contribution in [-0.4, -0.2) is 26.7 Å². The Morgan fingerprint density at radius 2 is 1.96 bits per heavy atom. The summed E-state index contributed by atoms with van der Waals surface area (Å²) in [5, 5.41) is 8.16. The Bertz CT molecular complexity index is 931. The molecule has 3 aromatic rings. The molecule has 0 fully saturated rings. The maximum absolute atomic E-state index is 12.7. The predicted molar refractivity (Wildman–Crippen MR) is 88.1 cm³/mol. The SMILES string of the molecule is CCc1[nH]nc2cc(C)cc(C(=O)C(=O)c3cncc(Cl)c3)c12. The lowest BCUT2D eigenvalue weighted by Gasteiger charge is -2.05. The van der Waals surface area contributed by atoms with Crippen molar-refractivity contribution in [2.75, 3.05) is 0 Å². The molecule has 0 radical (unpaired) electrons. The molecule has 0 amide bonds. The van der Waals surface area contributed by atoms with Crippen LogP contribution >= 0.6 is 11.6 Å². The fraction of sp³-hybridized carbons (Fsp3) is 0.176. The first-order chi connectivity index (χ1) is 11.0. The first-order valence-corrected chi connectivity index (χ1v) is 7.56. The third-order valence-electron chi connectivity index (χ3n) is 3.65. The second-order valence-corrected chi connectivity index (χ2v) is 5.75. The number of benzene rings is 1. The average molecular weight is 328 g/mol. The molecule has 1 aromatic carbocycles. The fourth-order valence-electron chi connectivity index (χ4n) is 2.58. The quantitative estimate of drug-likeness (QED) is 0.587. The summed E-state index contributed by atoms with van der Waals surface area (Å²) in [4.78, 5) is 29.1. The van der Waals surface area contributed by atoms with Crippen LogP contribution < -0.4 is 0 Å². The normalized spacial score (nSPS) is 10.9. The van der Waals surface area contributed by atoms with E-state index in [9.17, 15) is 9.59 Å². The van der Waals surface area contributed by atoms with Crippen molar-refractivity contribution in [3.05, 3.63) is 58.0 Å². The van der Waals surface area contributed by atoms with Gasteiger partial charge in [0.15, 0.2) is 0 Å². The van der Waals surface area contributed by atoms with Crippen LogP contribution in [-0.2, 0) is 6.42 Å². The average Bonchev–Trinajstić information content (AvgIpc) is 2.95. The van der Waals surface area contributed by atoms with Crippen molar-refractivity contribution in [2.45, 2.75) is 20.3 Å². The molecule has 23 heavy (non-hydrogen) atoms. The van der Waals surface area contributed by atoms with Gasteiger partial charge < -0.3 is 0 Å². The largest absolute Gasteiger partial charge is 0.285 e. The standard InChI is InChI=1S/C17H14ClN3O2/c1-3-13-15-12(4-9(2)5-14(15)21-20-13)17(23)16(22)10-6-11(18)8-19-7-10/h4-8H,3H2,1-2H3,(H,20,21). The highest BCUT2D eigenvalue weighted by Crippen LogP contribution is 2.25. The highest BCUT2D eigenvalue weighted by atomic mass is 35.5. The summed E-state index contributed by atoms with van der Waals surface area (Å²) < 4.78 is 0. The van der Waals surface area contributed by atoms with Crippen LogP contribution in [0.2, 0.25) is 5.02 Å². The van der Waals surface area contributed by atoms with Gasteiger partial charge in [0.2, 0.25) is 11.6 Å². The number of aryl methyl sites for hydroxylation is 2. The van der Waals surface area contributed by atoms with Crippen LogP contribution in [0.1, 0.15) is 38.9 Å². The number of rotatable bonds is 4. The number of pyridine rings is 1. The Labute approximate surface area is 137 Å². The van der Waals surface area contributed by atoms with Crippen molar-refractivity contribution in [3.8, 4) is 0 Å². The number of H-pyrrole nitrogens is 1. The lowest BCUT2D eigenvalue weighted by Crippen LogP contribution is -2.15. The summed E-state index contributed by atoms with van der Waals surface area (Å²) in [6, 6.07) is 5.04. The number of carbonyl (C=O) groups excluding carboxylic acids is 2. The van der Waals surface area contributed by atoms with E-state index >= 15 is 0 Å². The number of nitrogens with zero attached hydrogens (tertiary/aromatic N) is 2. The summed E-state index contributed by atoms with van der Waals surface area (Å²) in [6.07, 6.45) is 3.45. The summed E-state index contributed by atoms with van der Waals surface area (Å²) in [7, 11) is 0. The molecular weight excluding hydrogens is 314 g/mol. The summed E-state index contributed by atoms with van der Waals surface area (Å²) in [5.41, 5.74) is 2.92. The smallest absolute Gasteiger partial charge is 0.235 e. The highest BCUT2D eigenvalue weighted by Gasteiger charge is 2.23. The molecule has 3 rings (SSSR count). The van der Waals surface area contributed by atoms with Gasteiger partial charge in [0, 0.05) is 34.6 Å². The molecule has 116 valence electrons. The van der Waals surface area contributed by atoms with E-state index in [0.717, 1.165) is 11.3 Å². The number of aromatic amines is 1. The molecule has 2 aromatic heterocycles. The minimum absolute atomic E-state index is 0.179. The Kier molecular flexibility index (Phi) is 3.96. The van der Waals surface area contributed by atoms with Crippen molar-refractivity contribution in [1.82, 2.24) is 15.2 Å². The van der Waals surface area contributed by atoms with E-state index in [1.165, 1.54) is 18.5 Å². The van der Waals surface area contributed by atoms with E-state index in [0.29, 0.717) is 27.9 Å². The van der Waals surface area contributed by atoms with Gasteiger partial charge in [-0.05, 0) is 37.1 Å². The molecule has 0 unspecified atom stereocenters. The van der Waals surface area contributed by atoms with Gasteiger partial charge in [-0.2, -0.15) is 5.10 Å². The summed E-state index contributed by atoms with van der Waals surface area (Å²) in [5.74, 6) is -1.21. The van der Waals surface area contributed by atoms with Crippen LogP contribution in [0.3, 0.4) is 0 Å². The van der Waals surface area contributed by atoms with E-state index in [2.05, 4.69) is 15.2 Å². The Morgan fingerprint density at radius 1 is 1.17 bits per heavy atom. The van der Waals surface area contributed by atoms with E-state index in [4.69, 9.17) is 11.6 Å². The number of carbonyl (C=O) groups is 2. The van der Waals surface area contributed by atoms with Crippen LogP contribution in [0.25, 0.3) is 10.9 Å². The monoisotopic (exact) mass is 327 g/mol. The molecule has 5 nitrogen and oxygen atoms in total. The Morgan fingerprint density at radius 3 is 2.65 bits per heavy atom. The molecule has 1 N–H and O–H groups in total. The van der Waals surface area contributed by atoms with E-state index in [1.807, 2.05) is 19.9 Å². The molecule has 0 atom stereocenters. The van der Waals surface area contributed by atoms with Gasteiger partial charge in [-0.1, -0.05) is 18.5 Å². The molecule has 0 aliphatic rings. The third-order valence-corrected chi connectivity index (χ3v) is 3.85. The molecule has 6 heteroatoms. The van der Waals surface area contributed by atoms with Crippen molar-refractivity contribution in [2.24, 2.45) is 0 Å². The van der Waals surface area contributed by atoms with E-state index in [-0.39, 0.29) is 5.56 Å². The zero-order chi connectivity index (χ0) is 16.6. The van der Waals surface area contributed by atoms with Crippen LogP contribution in [0, 0.1) is 6.92 Å². The zero-order valence-electron chi connectivity index (χ0n) is 12.7. The maximum atomic E-state index is 12.7. The third kappa shape index (κ3) is 2.75. The number of halogens is 1. The second-order valence-electron chi connectivity index (χ2n) is 5.31. The first kappa shape index (κ1) is 15.4. The highest BCUT2D eigenvalue weighted by molar-refractivity contribution is 6.51. The summed E-state index contributed by atoms with van der Waals surface area (Å²) >= 11 is 5.85. The second kappa shape index (κ2) is 5.93. The van der Waals surface area contributed by atoms with Gasteiger partial charge in [0.05, 0.1) is 10.5 Å². The van der Waals surface area contributed by atoms with Crippen LogP contribution in [0.15, 0.2) is 30.6 Å². The number of hydrogen-bond acceptors (Lipinski definition) is 4.